The highest BCUT2D eigenvalue weighted by Crippen LogP contribution is 2.02. The van der Waals surface area contributed by atoms with Crippen molar-refractivity contribution >= 4 is 14.6 Å². The molecule has 0 aromatic carbocycles. The van der Waals surface area contributed by atoms with Crippen LogP contribution in [0.2, 0.25) is 0 Å². The SMILES string of the molecule is C#CCOC(=O)CCCCCC.CPC. The number of ether oxygens (including phenoxy) is 1. The van der Waals surface area contributed by atoms with Crippen LogP contribution in [0, 0.1) is 12.3 Å². The lowest BCUT2D eigenvalue weighted by Gasteiger charge is -1.99. The van der Waals surface area contributed by atoms with Crippen molar-refractivity contribution in [2.75, 3.05) is 19.9 Å². The molecule has 0 bridgehead atoms. The van der Waals surface area contributed by atoms with Gasteiger partial charge in [0.05, 0.1) is 0 Å². The molecule has 0 aliphatic carbocycles. The van der Waals surface area contributed by atoms with Gasteiger partial charge in [0, 0.05) is 6.42 Å². The van der Waals surface area contributed by atoms with Crippen molar-refractivity contribution in [2.24, 2.45) is 0 Å². The lowest BCUT2D eigenvalue weighted by Crippen LogP contribution is -2.03. The number of hydrogen-bond donors (Lipinski definition) is 0. The van der Waals surface area contributed by atoms with Gasteiger partial charge in [0.2, 0.25) is 0 Å². The fourth-order valence-corrected chi connectivity index (χ4v) is 0.890. The van der Waals surface area contributed by atoms with Gasteiger partial charge in [0.25, 0.3) is 0 Å². The summed E-state index contributed by atoms with van der Waals surface area (Å²) in [5.41, 5.74) is 0. The molecule has 0 atom stereocenters. The van der Waals surface area contributed by atoms with E-state index in [0.29, 0.717) is 6.42 Å². The van der Waals surface area contributed by atoms with Crippen molar-refractivity contribution in [1.29, 1.82) is 0 Å². The van der Waals surface area contributed by atoms with Gasteiger partial charge in [-0.25, -0.2) is 0 Å². The van der Waals surface area contributed by atoms with Crippen LogP contribution < -0.4 is 0 Å². The van der Waals surface area contributed by atoms with Crippen molar-refractivity contribution in [1.82, 2.24) is 0 Å². The van der Waals surface area contributed by atoms with Gasteiger partial charge in [-0.3, -0.25) is 4.79 Å². The molecule has 2 nitrogen and oxygen atoms in total. The molecule has 0 radical (unpaired) electrons. The van der Waals surface area contributed by atoms with Crippen LogP contribution in [0.25, 0.3) is 0 Å². The van der Waals surface area contributed by atoms with Gasteiger partial charge in [0.1, 0.15) is 0 Å². The molecule has 0 aliphatic rings. The normalized spacial score (nSPS) is 8.40. The summed E-state index contributed by atoms with van der Waals surface area (Å²) < 4.78 is 4.70. The Labute approximate surface area is 95.9 Å². The zero-order valence-corrected chi connectivity index (χ0v) is 11.1. The molecule has 88 valence electrons. The summed E-state index contributed by atoms with van der Waals surface area (Å²) in [4.78, 5) is 10.8. The number of unbranched alkanes of at least 4 members (excludes halogenated alkanes) is 3. The summed E-state index contributed by atoms with van der Waals surface area (Å²) in [5.74, 6) is 2.08. The van der Waals surface area contributed by atoms with Crippen LogP contribution in [0.15, 0.2) is 0 Å². The monoisotopic (exact) mass is 230 g/mol. The second-order valence-electron chi connectivity index (χ2n) is 3.18. The molecule has 0 heterocycles. The first-order valence-electron chi connectivity index (χ1n) is 5.40. The molecule has 0 N–H and O–H groups in total. The average molecular weight is 230 g/mol. The van der Waals surface area contributed by atoms with Crippen LogP contribution in [0.1, 0.15) is 39.0 Å². The van der Waals surface area contributed by atoms with Crippen molar-refractivity contribution in [3.63, 3.8) is 0 Å². The predicted molar refractivity (Wildman–Crippen MR) is 68.7 cm³/mol. The van der Waals surface area contributed by atoms with Crippen LogP contribution in [0.4, 0.5) is 0 Å². The van der Waals surface area contributed by atoms with Crippen molar-refractivity contribution in [3.05, 3.63) is 0 Å². The number of carbonyl (C=O) groups is 1. The van der Waals surface area contributed by atoms with E-state index < -0.39 is 0 Å². The molecule has 0 spiro atoms. The average Bonchev–Trinajstić information content (AvgIpc) is 2.23. The Morgan fingerprint density at radius 3 is 2.40 bits per heavy atom. The van der Waals surface area contributed by atoms with Crippen LogP contribution in [-0.4, -0.2) is 25.9 Å². The highest BCUT2D eigenvalue weighted by Gasteiger charge is 1.99. The first kappa shape index (κ1) is 16.9. The van der Waals surface area contributed by atoms with E-state index in [1.54, 1.807) is 0 Å². The second-order valence-corrected chi connectivity index (χ2v) is 4.18. The van der Waals surface area contributed by atoms with Gasteiger partial charge in [-0.05, 0) is 19.8 Å². The molecule has 0 aromatic rings. The van der Waals surface area contributed by atoms with E-state index in [4.69, 9.17) is 11.2 Å². The standard InChI is InChI=1S/C10H16O2.C2H7P/c1-3-5-6-7-8-10(11)12-9-4-2;1-3-2/h2H,3,5-9H2,1H3;3H,1-2H3. The third kappa shape index (κ3) is 19.8. The van der Waals surface area contributed by atoms with Gasteiger partial charge in [0.15, 0.2) is 6.61 Å². The summed E-state index contributed by atoms with van der Waals surface area (Å²) in [6.45, 7) is 6.54. The molecule has 0 aliphatic heterocycles. The highest BCUT2D eigenvalue weighted by molar-refractivity contribution is 7.35. The third-order valence-corrected chi connectivity index (χ3v) is 1.55. The Kier molecular flexibility index (Phi) is 17.9. The summed E-state index contributed by atoms with van der Waals surface area (Å²) in [6.07, 6.45) is 9.80. The van der Waals surface area contributed by atoms with Crippen LogP contribution >= 0.6 is 8.58 Å². The minimum Gasteiger partial charge on any atom is -0.452 e. The van der Waals surface area contributed by atoms with E-state index in [1.165, 1.54) is 12.8 Å². The molecule has 0 amide bonds. The molecular formula is C12H23O2P. The molecule has 15 heavy (non-hydrogen) atoms. The minimum atomic E-state index is -0.177. The van der Waals surface area contributed by atoms with Crippen LogP contribution in [0.5, 0.6) is 0 Å². The summed E-state index contributed by atoms with van der Waals surface area (Å²) in [5, 5.41) is 0. The number of terminal acetylenes is 1. The van der Waals surface area contributed by atoms with E-state index in [-0.39, 0.29) is 12.6 Å². The molecule has 0 saturated carbocycles. The number of esters is 1. The van der Waals surface area contributed by atoms with Crippen molar-refractivity contribution in [2.45, 2.75) is 39.0 Å². The van der Waals surface area contributed by atoms with Crippen LogP contribution in [0.3, 0.4) is 0 Å². The van der Waals surface area contributed by atoms with Gasteiger partial charge < -0.3 is 4.74 Å². The quantitative estimate of drug-likeness (QED) is 0.303. The Morgan fingerprint density at radius 1 is 1.33 bits per heavy atom. The van der Waals surface area contributed by atoms with Gasteiger partial charge >= 0.3 is 5.97 Å². The Bertz CT molecular complexity index is 173. The van der Waals surface area contributed by atoms with Crippen LogP contribution in [-0.2, 0) is 9.53 Å². The Morgan fingerprint density at radius 2 is 1.93 bits per heavy atom. The highest BCUT2D eigenvalue weighted by atomic mass is 31.1. The first-order valence-corrected chi connectivity index (χ1v) is 7.40. The molecule has 3 heteroatoms. The van der Waals surface area contributed by atoms with Crippen molar-refractivity contribution < 1.29 is 9.53 Å². The fraction of sp³-hybridized carbons (Fsp3) is 0.750. The van der Waals surface area contributed by atoms with E-state index in [1.807, 2.05) is 0 Å². The smallest absolute Gasteiger partial charge is 0.306 e. The minimum absolute atomic E-state index is 0.104. The van der Waals surface area contributed by atoms with E-state index in [9.17, 15) is 4.79 Å². The number of hydrogen-bond acceptors (Lipinski definition) is 2. The summed E-state index contributed by atoms with van der Waals surface area (Å²) >= 11 is 0. The summed E-state index contributed by atoms with van der Waals surface area (Å²) in [7, 11) is 1.08. The predicted octanol–water partition coefficient (Wildman–Crippen LogP) is 3.06. The van der Waals surface area contributed by atoms with Crippen molar-refractivity contribution in [3.8, 4) is 12.3 Å². The largest absolute Gasteiger partial charge is 0.452 e. The van der Waals surface area contributed by atoms with E-state index >= 15 is 0 Å². The zero-order valence-electron chi connectivity index (χ0n) is 10.1. The fourth-order valence-electron chi connectivity index (χ4n) is 0.890. The maximum absolute atomic E-state index is 10.8. The molecule has 0 unspecified atom stereocenters. The first-order chi connectivity index (χ1) is 7.22. The Balaban J connectivity index is 0. The topological polar surface area (TPSA) is 26.3 Å². The van der Waals surface area contributed by atoms with Gasteiger partial charge in [-0.2, -0.15) is 0 Å². The van der Waals surface area contributed by atoms with Gasteiger partial charge in [-0.15, -0.1) is 15.0 Å². The maximum atomic E-state index is 10.8. The Hall–Kier alpha value is -0.540. The molecule has 0 rings (SSSR count). The number of carbonyl (C=O) groups excluding carboxylic acids is 1. The molecular weight excluding hydrogens is 207 g/mol. The molecule has 0 fully saturated rings. The van der Waals surface area contributed by atoms with Gasteiger partial charge in [-0.1, -0.05) is 32.1 Å². The second kappa shape index (κ2) is 15.9. The van der Waals surface area contributed by atoms with E-state index in [2.05, 4.69) is 26.2 Å². The molecule has 0 aromatic heterocycles. The van der Waals surface area contributed by atoms with E-state index in [0.717, 1.165) is 21.4 Å². The lowest BCUT2D eigenvalue weighted by atomic mass is 10.2. The molecule has 0 saturated heterocycles. The lowest BCUT2D eigenvalue weighted by molar-refractivity contribution is -0.142. The number of rotatable bonds is 6. The summed E-state index contributed by atoms with van der Waals surface area (Å²) in [6, 6.07) is 0. The maximum Gasteiger partial charge on any atom is 0.306 e. The third-order valence-electron chi connectivity index (χ3n) is 1.55. The zero-order chi connectivity index (χ0) is 11.9.